The quantitative estimate of drug-likeness (QED) is 0.792. The van der Waals surface area contributed by atoms with Crippen LogP contribution in [-0.4, -0.2) is 20.0 Å². The molecule has 1 N–H and O–H groups in total. The van der Waals surface area contributed by atoms with Gasteiger partial charge in [-0.1, -0.05) is 6.07 Å². The summed E-state index contributed by atoms with van der Waals surface area (Å²) in [6.45, 7) is 0.123. The third kappa shape index (κ3) is 3.10. The van der Waals surface area contributed by atoms with Crippen LogP contribution in [0.4, 0.5) is 4.39 Å². The minimum absolute atomic E-state index is 0.0514. The summed E-state index contributed by atoms with van der Waals surface area (Å²) in [5.74, 6) is -0.911. The topological polar surface area (TPSA) is 68.9 Å². The maximum Gasteiger partial charge on any atom is 0.263 e. The first kappa shape index (κ1) is 15.7. The Kier molecular flexibility index (Phi) is 4.24. The monoisotopic (exact) mass is 326 g/mol. The zero-order chi connectivity index (χ0) is 17.1. The van der Waals surface area contributed by atoms with Gasteiger partial charge in [-0.15, -0.1) is 0 Å². The highest BCUT2D eigenvalue weighted by Crippen LogP contribution is 2.15. The van der Waals surface area contributed by atoms with Gasteiger partial charge in [-0.3, -0.25) is 9.59 Å². The van der Waals surface area contributed by atoms with E-state index in [1.54, 1.807) is 48.4 Å². The maximum atomic E-state index is 14.2. The van der Waals surface area contributed by atoms with Crippen molar-refractivity contribution in [1.29, 1.82) is 0 Å². The number of rotatable bonds is 4. The highest BCUT2D eigenvalue weighted by molar-refractivity contribution is 5.93. The van der Waals surface area contributed by atoms with Crippen LogP contribution in [0.1, 0.15) is 15.9 Å². The van der Waals surface area contributed by atoms with Crippen LogP contribution in [0.3, 0.4) is 0 Å². The number of nitrogens with one attached hydrogen (secondary N) is 1. The van der Waals surface area contributed by atoms with Gasteiger partial charge in [0.25, 0.3) is 11.5 Å². The van der Waals surface area contributed by atoms with E-state index in [0.717, 1.165) is 0 Å². The minimum Gasteiger partial charge on any atom is -0.348 e. The van der Waals surface area contributed by atoms with Gasteiger partial charge in [0.15, 0.2) is 0 Å². The standard InChI is InChI=1S/C17H15FN4O2/c1-21-7-2-3-13(17(21)24)16(23)20-10-12-4-5-15(14(18)9-12)22-8-6-19-11-22/h2-9,11H,10H2,1H3,(H,20,23). The molecule has 0 atom stereocenters. The van der Waals surface area contributed by atoms with Gasteiger partial charge in [-0.2, -0.15) is 0 Å². The maximum absolute atomic E-state index is 14.2. The number of nitrogens with zero attached hydrogens (tertiary/aromatic N) is 3. The number of carbonyl (C=O) groups is 1. The summed E-state index contributed by atoms with van der Waals surface area (Å²) >= 11 is 0. The predicted molar refractivity (Wildman–Crippen MR) is 86.4 cm³/mol. The minimum atomic E-state index is -0.490. The number of imidazole rings is 1. The van der Waals surface area contributed by atoms with E-state index in [4.69, 9.17) is 0 Å². The molecule has 0 aliphatic carbocycles. The molecule has 3 aromatic rings. The molecule has 122 valence electrons. The van der Waals surface area contributed by atoms with Gasteiger partial charge < -0.3 is 14.5 Å². The summed E-state index contributed by atoms with van der Waals surface area (Å²) in [6, 6.07) is 7.75. The zero-order valence-corrected chi connectivity index (χ0v) is 12.9. The molecule has 0 spiro atoms. The van der Waals surface area contributed by atoms with Crippen molar-refractivity contribution >= 4 is 5.91 Å². The number of pyridine rings is 1. The van der Waals surface area contributed by atoms with E-state index in [9.17, 15) is 14.0 Å². The lowest BCUT2D eigenvalue weighted by molar-refractivity contribution is 0.0949. The van der Waals surface area contributed by atoms with Crippen molar-refractivity contribution in [1.82, 2.24) is 19.4 Å². The van der Waals surface area contributed by atoms with Crippen LogP contribution >= 0.6 is 0 Å². The third-order valence-electron chi connectivity index (χ3n) is 3.62. The Morgan fingerprint density at radius 1 is 1.29 bits per heavy atom. The Morgan fingerprint density at radius 2 is 2.12 bits per heavy atom. The fraction of sp³-hybridized carbons (Fsp3) is 0.118. The van der Waals surface area contributed by atoms with E-state index < -0.39 is 11.7 Å². The van der Waals surface area contributed by atoms with Crippen LogP contribution in [0, 0.1) is 5.82 Å². The summed E-state index contributed by atoms with van der Waals surface area (Å²) in [4.78, 5) is 27.9. The van der Waals surface area contributed by atoms with E-state index in [-0.39, 0.29) is 17.7 Å². The molecule has 2 aromatic heterocycles. The molecule has 0 aliphatic rings. The number of hydrogen-bond acceptors (Lipinski definition) is 3. The van der Waals surface area contributed by atoms with Crippen molar-refractivity contribution in [2.75, 3.05) is 0 Å². The Hall–Kier alpha value is -3.22. The van der Waals surface area contributed by atoms with Crippen LogP contribution in [0.2, 0.25) is 0 Å². The molecular weight excluding hydrogens is 311 g/mol. The SMILES string of the molecule is Cn1cccc(C(=O)NCc2ccc(-n3ccnc3)c(F)c2)c1=O. The smallest absolute Gasteiger partial charge is 0.263 e. The largest absolute Gasteiger partial charge is 0.348 e. The van der Waals surface area contributed by atoms with Gasteiger partial charge >= 0.3 is 0 Å². The number of halogens is 1. The highest BCUT2D eigenvalue weighted by Gasteiger charge is 2.11. The number of carbonyl (C=O) groups excluding carboxylic acids is 1. The van der Waals surface area contributed by atoms with Gasteiger partial charge in [0.2, 0.25) is 0 Å². The second kappa shape index (κ2) is 6.49. The third-order valence-corrected chi connectivity index (χ3v) is 3.62. The molecule has 2 heterocycles. The van der Waals surface area contributed by atoms with Crippen LogP contribution in [0.5, 0.6) is 0 Å². The molecule has 0 unspecified atom stereocenters. The van der Waals surface area contributed by atoms with Crippen LogP contribution in [-0.2, 0) is 13.6 Å². The molecule has 1 amide bonds. The fourth-order valence-electron chi connectivity index (χ4n) is 2.32. The molecule has 1 aromatic carbocycles. The number of aromatic nitrogens is 3. The number of aryl methyl sites for hydroxylation is 1. The molecule has 3 rings (SSSR count). The molecule has 7 heteroatoms. The zero-order valence-electron chi connectivity index (χ0n) is 12.9. The van der Waals surface area contributed by atoms with Crippen LogP contribution in [0.15, 0.2) is 60.0 Å². The molecule has 24 heavy (non-hydrogen) atoms. The average Bonchev–Trinajstić information content (AvgIpc) is 3.09. The Morgan fingerprint density at radius 3 is 2.83 bits per heavy atom. The summed E-state index contributed by atoms with van der Waals surface area (Å²) in [6.07, 6.45) is 6.29. The van der Waals surface area contributed by atoms with Crippen LogP contribution in [0.25, 0.3) is 5.69 Å². The van der Waals surface area contributed by atoms with Crippen molar-refractivity contribution in [2.24, 2.45) is 7.05 Å². The number of benzene rings is 1. The molecule has 0 fully saturated rings. The first-order valence-corrected chi connectivity index (χ1v) is 7.27. The molecular formula is C17H15FN4O2. The van der Waals surface area contributed by atoms with Gasteiger partial charge in [-0.25, -0.2) is 9.37 Å². The lowest BCUT2D eigenvalue weighted by Crippen LogP contribution is -2.31. The first-order valence-electron chi connectivity index (χ1n) is 7.27. The van der Waals surface area contributed by atoms with Crippen molar-refractivity contribution in [2.45, 2.75) is 6.54 Å². The van der Waals surface area contributed by atoms with E-state index in [2.05, 4.69) is 10.3 Å². The second-order valence-corrected chi connectivity index (χ2v) is 5.28. The highest BCUT2D eigenvalue weighted by atomic mass is 19.1. The Labute approximate surface area is 137 Å². The summed E-state index contributed by atoms with van der Waals surface area (Å²) in [5, 5.41) is 2.63. The number of amides is 1. The molecule has 0 aliphatic heterocycles. The molecule has 0 saturated heterocycles. The molecule has 0 saturated carbocycles. The van der Waals surface area contributed by atoms with Crippen molar-refractivity contribution < 1.29 is 9.18 Å². The van der Waals surface area contributed by atoms with Gasteiger partial charge in [0.1, 0.15) is 11.4 Å². The Balaban J connectivity index is 1.73. The van der Waals surface area contributed by atoms with E-state index in [1.807, 2.05) is 0 Å². The predicted octanol–water partition coefficient (Wildman–Crippen LogP) is 1.64. The fourth-order valence-corrected chi connectivity index (χ4v) is 2.32. The molecule has 0 radical (unpaired) electrons. The van der Waals surface area contributed by atoms with Crippen molar-refractivity contribution in [3.05, 3.63) is 82.5 Å². The summed E-state index contributed by atoms with van der Waals surface area (Å²) in [5.41, 5.74) is 0.643. The van der Waals surface area contributed by atoms with Gasteiger partial charge in [0, 0.05) is 32.2 Å². The van der Waals surface area contributed by atoms with E-state index >= 15 is 0 Å². The van der Waals surface area contributed by atoms with Gasteiger partial charge in [0.05, 0.1) is 12.0 Å². The van der Waals surface area contributed by atoms with Crippen molar-refractivity contribution in [3.63, 3.8) is 0 Å². The summed E-state index contributed by atoms with van der Waals surface area (Å²) < 4.78 is 17.1. The van der Waals surface area contributed by atoms with Crippen molar-refractivity contribution in [3.8, 4) is 5.69 Å². The lowest BCUT2D eigenvalue weighted by atomic mass is 10.2. The lowest BCUT2D eigenvalue weighted by Gasteiger charge is -2.08. The molecule has 0 bridgehead atoms. The van der Waals surface area contributed by atoms with E-state index in [1.165, 1.54) is 23.0 Å². The second-order valence-electron chi connectivity index (χ2n) is 5.28. The first-order chi connectivity index (χ1) is 11.6. The van der Waals surface area contributed by atoms with Gasteiger partial charge in [-0.05, 0) is 29.8 Å². The average molecular weight is 326 g/mol. The number of hydrogen-bond donors (Lipinski definition) is 1. The normalized spacial score (nSPS) is 10.6. The Bertz CT molecular complexity index is 932. The molecule has 6 nitrogen and oxygen atoms in total. The van der Waals surface area contributed by atoms with Crippen LogP contribution < -0.4 is 10.9 Å². The van der Waals surface area contributed by atoms with E-state index in [0.29, 0.717) is 11.3 Å². The summed E-state index contributed by atoms with van der Waals surface area (Å²) in [7, 11) is 1.57.